The first-order valence-electron chi connectivity index (χ1n) is 5.38. The third-order valence-corrected chi connectivity index (χ3v) is 2.56. The van der Waals surface area contributed by atoms with Crippen molar-refractivity contribution in [2.45, 2.75) is 19.4 Å². The van der Waals surface area contributed by atoms with E-state index in [9.17, 15) is 0 Å². The zero-order valence-electron chi connectivity index (χ0n) is 9.06. The summed E-state index contributed by atoms with van der Waals surface area (Å²) < 4.78 is 2.09. The van der Waals surface area contributed by atoms with E-state index in [4.69, 9.17) is 11.0 Å². The molecule has 1 aromatic carbocycles. The van der Waals surface area contributed by atoms with Crippen LogP contribution in [0.5, 0.6) is 0 Å². The fraction of sp³-hybridized carbons (Fsp3) is 0.333. The number of aromatic nitrogens is 2. The molecule has 2 N–H and O–H groups in total. The maximum absolute atomic E-state index is 8.77. The van der Waals surface area contributed by atoms with Gasteiger partial charge in [0, 0.05) is 6.54 Å². The van der Waals surface area contributed by atoms with Crippen LogP contribution in [0.25, 0.3) is 11.0 Å². The smallest absolute Gasteiger partial charge is 0.124 e. The molecule has 2 aromatic rings. The molecule has 0 atom stereocenters. The molecule has 1 aromatic heterocycles. The largest absolute Gasteiger partial charge is 0.330 e. The van der Waals surface area contributed by atoms with Crippen molar-refractivity contribution in [3.05, 3.63) is 30.1 Å². The van der Waals surface area contributed by atoms with Gasteiger partial charge in [0.1, 0.15) is 5.82 Å². The van der Waals surface area contributed by atoms with Gasteiger partial charge in [-0.1, -0.05) is 12.1 Å². The summed E-state index contributed by atoms with van der Waals surface area (Å²) in [7, 11) is 0. The first kappa shape index (κ1) is 10.7. The third-order valence-electron chi connectivity index (χ3n) is 2.56. The average Bonchev–Trinajstić information content (AvgIpc) is 2.65. The van der Waals surface area contributed by atoms with Gasteiger partial charge in [0.05, 0.1) is 23.5 Å². The summed E-state index contributed by atoms with van der Waals surface area (Å²) in [5.41, 5.74) is 7.55. The number of nitrogens with zero attached hydrogens (tertiary/aromatic N) is 3. The molecule has 4 nitrogen and oxygen atoms in total. The van der Waals surface area contributed by atoms with Crippen molar-refractivity contribution < 1.29 is 0 Å². The number of hydrogen-bond acceptors (Lipinski definition) is 3. The number of para-hydroxylation sites is 2. The average molecular weight is 214 g/mol. The summed E-state index contributed by atoms with van der Waals surface area (Å²) in [6, 6.07) is 10.1. The molecule has 0 unspecified atom stereocenters. The molecule has 1 heterocycles. The van der Waals surface area contributed by atoms with Crippen molar-refractivity contribution in [1.29, 1.82) is 5.26 Å². The van der Waals surface area contributed by atoms with Crippen LogP contribution in [0.4, 0.5) is 0 Å². The SMILES string of the molecule is N#CCc1nc2ccccc2n1CCCN. The normalized spacial score (nSPS) is 10.5. The van der Waals surface area contributed by atoms with Crippen molar-refractivity contribution in [1.82, 2.24) is 9.55 Å². The van der Waals surface area contributed by atoms with Gasteiger partial charge in [0.25, 0.3) is 0 Å². The molecule has 16 heavy (non-hydrogen) atoms. The van der Waals surface area contributed by atoms with Crippen molar-refractivity contribution in [2.75, 3.05) is 6.54 Å². The lowest BCUT2D eigenvalue weighted by atomic mass is 10.3. The molecule has 0 spiro atoms. The minimum absolute atomic E-state index is 0.346. The van der Waals surface area contributed by atoms with E-state index in [1.807, 2.05) is 24.3 Å². The molecule has 0 aliphatic heterocycles. The summed E-state index contributed by atoms with van der Waals surface area (Å²) in [6.07, 6.45) is 1.25. The molecule has 0 aliphatic carbocycles. The lowest BCUT2D eigenvalue weighted by Gasteiger charge is -2.05. The van der Waals surface area contributed by atoms with E-state index in [-0.39, 0.29) is 0 Å². The summed E-state index contributed by atoms with van der Waals surface area (Å²) in [4.78, 5) is 4.45. The zero-order chi connectivity index (χ0) is 11.4. The fourth-order valence-corrected chi connectivity index (χ4v) is 1.83. The lowest BCUT2D eigenvalue weighted by Crippen LogP contribution is -2.08. The summed E-state index contributed by atoms with van der Waals surface area (Å²) >= 11 is 0. The molecule has 2 rings (SSSR count). The quantitative estimate of drug-likeness (QED) is 0.837. The van der Waals surface area contributed by atoms with Gasteiger partial charge in [-0.15, -0.1) is 0 Å². The van der Waals surface area contributed by atoms with Crippen LogP contribution < -0.4 is 5.73 Å². The number of fused-ring (bicyclic) bond motifs is 1. The van der Waals surface area contributed by atoms with Crippen molar-refractivity contribution in [3.63, 3.8) is 0 Å². The minimum Gasteiger partial charge on any atom is -0.330 e. The molecular formula is C12H14N4. The standard InChI is InChI=1S/C12H14N4/c13-7-3-9-16-11-5-2-1-4-10(11)15-12(16)6-8-14/h1-2,4-5H,3,6-7,9,13H2. The van der Waals surface area contributed by atoms with Crippen LogP contribution >= 0.6 is 0 Å². The molecule has 0 aliphatic rings. The molecule has 0 amide bonds. The number of nitriles is 1. The first-order valence-corrected chi connectivity index (χ1v) is 5.38. The van der Waals surface area contributed by atoms with Gasteiger partial charge in [-0.25, -0.2) is 4.98 Å². The Bertz CT molecular complexity index is 521. The summed E-state index contributed by atoms with van der Waals surface area (Å²) in [5, 5.41) is 8.77. The second-order valence-electron chi connectivity index (χ2n) is 3.65. The zero-order valence-corrected chi connectivity index (χ0v) is 9.06. The van der Waals surface area contributed by atoms with Gasteiger partial charge < -0.3 is 10.3 Å². The van der Waals surface area contributed by atoms with Crippen LogP contribution in [-0.2, 0) is 13.0 Å². The Hall–Kier alpha value is -1.86. The Balaban J connectivity index is 2.47. The van der Waals surface area contributed by atoms with E-state index in [1.54, 1.807) is 0 Å². The molecule has 82 valence electrons. The number of rotatable bonds is 4. The van der Waals surface area contributed by atoms with E-state index >= 15 is 0 Å². The van der Waals surface area contributed by atoms with Gasteiger partial charge in [-0.3, -0.25) is 0 Å². The second-order valence-corrected chi connectivity index (χ2v) is 3.65. The van der Waals surface area contributed by atoms with E-state index in [0.717, 1.165) is 29.8 Å². The Morgan fingerprint density at radius 1 is 1.38 bits per heavy atom. The summed E-state index contributed by atoms with van der Waals surface area (Å²) in [5.74, 6) is 0.831. The van der Waals surface area contributed by atoms with E-state index in [1.165, 1.54) is 0 Å². The van der Waals surface area contributed by atoms with Crippen LogP contribution in [0.2, 0.25) is 0 Å². The van der Waals surface area contributed by atoms with E-state index in [0.29, 0.717) is 13.0 Å². The molecule has 0 saturated carbocycles. The number of benzene rings is 1. The van der Waals surface area contributed by atoms with Crippen LogP contribution in [0.15, 0.2) is 24.3 Å². The number of aryl methyl sites for hydroxylation is 1. The summed E-state index contributed by atoms with van der Waals surface area (Å²) in [6.45, 7) is 1.48. The topological polar surface area (TPSA) is 67.6 Å². The van der Waals surface area contributed by atoms with Gasteiger partial charge in [-0.05, 0) is 25.1 Å². The van der Waals surface area contributed by atoms with Gasteiger partial charge in [0.2, 0.25) is 0 Å². The maximum Gasteiger partial charge on any atom is 0.124 e. The maximum atomic E-state index is 8.77. The van der Waals surface area contributed by atoms with Crippen LogP contribution in [0.1, 0.15) is 12.2 Å². The Kier molecular flexibility index (Phi) is 3.18. The Morgan fingerprint density at radius 2 is 2.19 bits per heavy atom. The fourth-order valence-electron chi connectivity index (χ4n) is 1.83. The van der Waals surface area contributed by atoms with Crippen LogP contribution in [-0.4, -0.2) is 16.1 Å². The molecular weight excluding hydrogens is 200 g/mol. The van der Waals surface area contributed by atoms with Crippen molar-refractivity contribution in [2.24, 2.45) is 5.73 Å². The van der Waals surface area contributed by atoms with Gasteiger partial charge >= 0.3 is 0 Å². The predicted octanol–water partition coefficient (Wildman–Crippen LogP) is 1.45. The highest BCUT2D eigenvalue weighted by molar-refractivity contribution is 5.75. The Morgan fingerprint density at radius 3 is 2.94 bits per heavy atom. The number of nitrogens with two attached hydrogens (primary N) is 1. The minimum atomic E-state index is 0.346. The number of hydrogen-bond donors (Lipinski definition) is 1. The highest BCUT2D eigenvalue weighted by Crippen LogP contribution is 2.16. The van der Waals surface area contributed by atoms with E-state index < -0.39 is 0 Å². The molecule has 0 radical (unpaired) electrons. The number of imidazole rings is 1. The predicted molar refractivity (Wildman–Crippen MR) is 62.7 cm³/mol. The van der Waals surface area contributed by atoms with Crippen molar-refractivity contribution in [3.8, 4) is 6.07 Å². The van der Waals surface area contributed by atoms with Crippen molar-refractivity contribution >= 4 is 11.0 Å². The molecule has 0 saturated heterocycles. The first-order chi connectivity index (χ1) is 7.86. The highest BCUT2D eigenvalue weighted by atomic mass is 15.1. The van der Waals surface area contributed by atoms with Crippen LogP contribution in [0.3, 0.4) is 0 Å². The van der Waals surface area contributed by atoms with E-state index in [2.05, 4.69) is 15.6 Å². The molecule has 4 heteroatoms. The third kappa shape index (κ3) is 1.90. The Labute approximate surface area is 94.3 Å². The second kappa shape index (κ2) is 4.77. The lowest BCUT2D eigenvalue weighted by molar-refractivity contribution is 0.642. The van der Waals surface area contributed by atoms with Gasteiger partial charge in [0.15, 0.2) is 0 Å². The monoisotopic (exact) mass is 214 g/mol. The van der Waals surface area contributed by atoms with Gasteiger partial charge in [-0.2, -0.15) is 5.26 Å². The van der Waals surface area contributed by atoms with Crippen LogP contribution in [0, 0.1) is 11.3 Å². The highest BCUT2D eigenvalue weighted by Gasteiger charge is 2.08. The molecule has 0 fully saturated rings. The molecule has 0 bridgehead atoms.